The van der Waals surface area contributed by atoms with E-state index >= 15 is 0 Å². The molecule has 0 heterocycles. The van der Waals surface area contributed by atoms with Gasteiger partial charge in [0.05, 0.1) is 6.61 Å². The lowest BCUT2D eigenvalue weighted by Crippen LogP contribution is -2.51. The average molecular weight is 185 g/mol. The standard InChI is InChI=1S/C11H23NO/c1-4-11(8-13,10-5-6-10)12-7-9(2)3/h9-10,12-13H,4-8H2,1-3H3. The van der Waals surface area contributed by atoms with Crippen LogP contribution in [0.5, 0.6) is 0 Å². The van der Waals surface area contributed by atoms with Crippen LogP contribution in [0.1, 0.15) is 40.0 Å². The van der Waals surface area contributed by atoms with Gasteiger partial charge in [-0.2, -0.15) is 0 Å². The predicted molar refractivity (Wildman–Crippen MR) is 55.7 cm³/mol. The molecule has 1 rings (SSSR count). The molecule has 1 aliphatic carbocycles. The first kappa shape index (κ1) is 11.0. The van der Waals surface area contributed by atoms with E-state index in [2.05, 4.69) is 26.1 Å². The van der Waals surface area contributed by atoms with Gasteiger partial charge in [-0.3, -0.25) is 0 Å². The summed E-state index contributed by atoms with van der Waals surface area (Å²) in [6.07, 6.45) is 3.62. The minimum absolute atomic E-state index is 0.0320. The van der Waals surface area contributed by atoms with Gasteiger partial charge in [-0.1, -0.05) is 20.8 Å². The van der Waals surface area contributed by atoms with Crippen LogP contribution >= 0.6 is 0 Å². The molecule has 0 aromatic carbocycles. The molecule has 0 saturated heterocycles. The maximum atomic E-state index is 9.44. The lowest BCUT2D eigenvalue weighted by atomic mass is 9.90. The van der Waals surface area contributed by atoms with Crippen molar-refractivity contribution in [3.05, 3.63) is 0 Å². The van der Waals surface area contributed by atoms with Gasteiger partial charge in [0.25, 0.3) is 0 Å². The molecule has 0 spiro atoms. The molecule has 0 aliphatic heterocycles. The van der Waals surface area contributed by atoms with E-state index in [1.165, 1.54) is 12.8 Å². The maximum absolute atomic E-state index is 9.44. The third-order valence-corrected chi connectivity index (χ3v) is 3.13. The molecule has 1 aliphatic rings. The maximum Gasteiger partial charge on any atom is 0.0615 e. The predicted octanol–water partition coefficient (Wildman–Crippen LogP) is 1.78. The zero-order chi connectivity index (χ0) is 9.90. The van der Waals surface area contributed by atoms with Crippen molar-refractivity contribution in [2.24, 2.45) is 11.8 Å². The molecule has 2 nitrogen and oxygen atoms in total. The largest absolute Gasteiger partial charge is 0.394 e. The van der Waals surface area contributed by atoms with Crippen molar-refractivity contribution >= 4 is 0 Å². The highest BCUT2D eigenvalue weighted by Crippen LogP contribution is 2.41. The molecule has 1 fully saturated rings. The third-order valence-electron chi connectivity index (χ3n) is 3.13. The monoisotopic (exact) mass is 185 g/mol. The summed E-state index contributed by atoms with van der Waals surface area (Å²) in [6, 6.07) is 0. The summed E-state index contributed by atoms with van der Waals surface area (Å²) in [5, 5.41) is 13.0. The van der Waals surface area contributed by atoms with Crippen LogP contribution in [0.4, 0.5) is 0 Å². The molecule has 2 heteroatoms. The Balaban J connectivity index is 2.44. The second kappa shape index (κ2) is 4.43. The fourth-order valence-electron chi connectivity index (χ4n) is 1.90. The van der Waals surface area contributed by atoms with Crippen molar-refractivity contribution in [2.75, 3.05) is 13.2 Å². The third kappa shape index (κ3) is 2.68. The highest BCUT2D eigenvalue weighted by atomic mass is 16.3. The second-order valence-corrected chi connectivity index (χ2v) is 4.72. The number of hydrogen-bond donors (Lipinski definition) is 2. The second-order valence-electron chi connectivity index (χ2n) is 4.72. The van der Waals surface area contributed by atoms with Gasteiger partial charge in [0.1, 0.15) is 0 Å². The number of rotatable bonds is 6. The van der Waals surface area contributed by atoms with Gasteiger partial charge in [0.15, 0.2) is 0 Å². The number of hydrogen-bond acceptors (Lipinski definition) is 2. The summed E-state index contributed by atoms with van der Waals surface area (Å²) in [5.74, 6) is 1.39. The van der Waals surface area contributed by atoms with Crippen molar-refractivity contribution in [1.82, 2.24) is 5.32 Å². The van der Waals surface area contributed by atoms with Gasteiger partial charge in [-0.15, -0.1) is 0 Å². The van der Waals surface area contributed by atoms with Crippen molar-refractivity contribution < 1.29 is 5.11 Å². The number of aliphatic hydroxyl groups is 1. The Morgan fingerprint density at radius 1 is 1.46 bits per heavy atom. The van der Waals surface area contributed by atoms with Gasteiger partial charge in [0.2, 0.25) is 0 Å². The fourth-order valence-corrected chi connectivity index (χ4v) is 1.90. The number of aliphatic hydroxyl groups excluding tert-OH is 1. The van der Waals surface area contributed by atoms with Crippen molar-refractivity contribution in [3.8, 4) is 0 Å². The molecule has 2 N–H and O–H groups in total. The molecule has 13 heavy (non-hydrogen) atoms. The Labute approximate surface area is 81.7 Å². The zero-order valence-electron chi connectivity index (χ0n) is 9.14. The van der Waals surface area contributed by atoms with Crippen LogP contribution in [-0.4, -0.2) is 23.8 Å². The van der Waals surface area contributed by atoms with Crippen molar-refractivity contribution in [1.29, 1.82) is 0 Å². The SMILES string of the molecule is CCC(CO)(NCC(C)C)C1CC1. The Kier molecular flexibility index (Phi) is 3.74. The molecular formula is C11H23NO. The molecule has 1 atom stereocenters. The van der Waals surface area contributed by atoms with E-state index in [9.17, 15) is 5.11 Å². The first-order valence-electron chi connectivity index (χ1n) is 5.50. The minimum Gasteiger partial charge on any atom is -0.394 e. The van der Waals surface area contributed by atoms with E-state index < -0.39 is 0 Å². The van der Waals surface area contributed by atoms with Crippen LogP contribution in [0, 0.1) is 11.8 Å². The van der Waals surface area contributed by atoms with Gasteiger partial charge in [-0.05, 0) is 37.6 Å². The molecule has 1 unspecified atom stereocenters. The van der Waals surface area contributed by atoms with E-state index in [4.69, 9.17) is 0 Å². The van der Waals surface area contributed by atoms with Crippen LogP contribution in [0.25, 0.3) is 0 Å². The summed E-state index contributed by atoms with van der Waals surface area (Å²) in [6.45, 7) is 7.89. The summed E-state index contributed by atoms with van der Waals surface area (Å²) < 4.78 is 0. The highest BCUT2D eigenvalue weighted by Gasteiger charge is 2.42. The summed E-state index contributed by atoms with van der Waals surface area (Å²) in [5.41, 5.74) is 0.0320. The summed E-state index contributed by atoms with van der Waals surface area (Å²) in [4.78, 5) is 0. The number of nitrogens with one attached hydrogen (secondary N) is 1. The van der Waals surface area contributed by atoms with E-state index in [0.29, 0.717) is 12.5 Å². The molecular weight excluding hydrogens is 162 g/mol. The van der Waals surface area contributed by atoms with Crippen LogP contribution in [0.2, 0.25) is 0 Å². The lowest BCUT2D eigenvalue weighted by molar-refractivity contribution is 0.132. The summed E-state index contributed by atoms with van der Waals surface area (Å²) in [7, 11) is 0. The van der Waals surface area contributed by atoms with Crippen LogP contribution in [-0.2, 0) is 0 Å². The van der Waals surface area contributed by atoms with Crippen molar-refractivity contribution in [3.63, 3.8) is 0 Å². The van der Waals surface area contributed by atoms with E-state index in [1.54, 1.807) is 0 Å². The quantitative estimate of drug-likeness (QED) is 0.661. The van der Waals surface area contributed by atoms with Crippen molar-refractivity contribution in [2.45, 2.75) is 45.6 Å². The molecule has 0 radical (unpaired) electrons. The molecule has 0 aromatic rings. The van der Waals surface area contributed by atoms with Crippen LogP contribution < -0.4 is 5.32 Å². The average Bonchev–Trinajstić information content (AvgIpc) is 2.91. The molecule has 0 amide bonds. The van der Waals surface area contributed by atoms with E-state index in [0.717, 1.165) is 18.9 Å². The van der Waals surface area contributed by atoms with Gasteiger partial charge in [-0.25, -0.2) is 0 Å². The molecule has 0 bridgehead atoms. The van der Waals surface area contributed by atoms with Crippen LogP contribution in [0.3, 0.4) is 0 Å². The first-order valence-corrected chi connectivity index (χ1v) is 5.50. The topological polar surface area (TPSA) is 32.3 Å². The first-order chi connectivity index (χ1) is 6.14. The fraction of sp³-hybridized carbons (Fsp3) is 1.00. The molecule has 1 saturated carbocycles. The Hall–Kier alpha value is -0.0800. The zero-order valence-corrected chi connectivity index (χ0v) is 9.14. The van der Waals surface area contributed by atoms with Crippen LogP contribution in [0.15, 0.2) is 0 Å². The summed E-state index contributed by atoms with van der Waals surface area (Å²) >= 11 is 0. The minimum atomic E-state index is 0.0320. The van der Waals surface area contributed by atoms with E-state index in [-0.39, 0.29) is 5.54 Å². The Morgan fingerprint density at radius 3 is 2.38 bits per heavy atom. The van der Waals surface area contributed by atoms with Gasteiger partial charge < -0.3 is 10.4 Å². The van der Waals surface area contributed by atoms with E-state index in [1.807, 2.05) is 0 Å². The Morgan fingerprint density at radius 2 is 2.08 bits per heavy atom. The Bertz CT molecular complexity index is 148. The molecule has 0 aromatic heterocycles. The lowest BCUT2D eigenvalue weighted by Gasteiger charge is -2.33. The van der Waals surface area contributed by atoms with Gasteiger partial charge >= 0.3 is 0 Å². The normalized spacial score (nSPS) is 21.9. The molecule has 78 valence electrons. The highest BCUT2D eigenvalue weighted by molar-refractivity contribution is 4.99. The smallest absolute Gasteiger partial charge is 0.0615 e. The van der Waals surface area contributed by atoms with Gasteiger partial charge in [0, 0.05) is 5.54 Å².